The van der Waals surface area contributed by atoms with Gasteiger partial charge in [0.25, 0.3) is 0 Å². The molecule has 1 aromatic heterocycles. The summed E-state index contributed by atoms with van der Waals surface area (Å²) >= 11 is 0. The Kier molecular flexibility index (Phi) is 4.90. The zero-order chi connectivity index (χ0) is 14.4. The van der Waals surface area contributed by atoms with Gasteiger partial charge in [-0.2, -0.15) is 5.10 Å². The van der Waals surface area contributed by atoms with E-state index in [1.165, 1.54) is 0 Å². The second kappa shape index (κ2) is 6.86. The summed E-state index contributed by atoms with van der Waals surface area (Å²) < 4.78 is 1.84. The van der Waals surface area contributed by atoms with Crippen molar-refractivity contribution >= 4 is 11.6 Å². The summed E-state index contributed by atoms with van der Waals surface area (Å²) in [6, 6.07) is 11.2. The van der Waals surface area contributed by atoms with E-state index in [1.807, 2.05) is 55.1 Å². The number of hydrogen-bond donors (Lipinski definition) is 2. The van der Waals surface area contributed by atoms with Gasteiger partial charge in [0.2, 0.25) is 5.91 Å². The maximum atomic E-state index is 12.0. The molecule has 106 valence electrons. The van der Waals surface area contributed by atoms with Gasteiger partial charge in [0.1, 0.15) is 0 Å². The number of carbonyl (C=O) groups is 1. The minimum absolute atomic E-state index is 0.0267. The molecule has 1 atom stereocenters. The van der Waals surface area contributed by atoms with Crippen molar-refractivity contribution in [3.8, 4) is 0 Å². The third-order valence-corrected chi connectivity index (χ3v) is 3.19. The van der Waals surface area contributed by atoms with Gasteiger partial charge in [0, 0.05) is 37.6 Å². The summed E-state index contributed by atoms with van der Waals surface area (Å²) in [5.74, 6) is -0.0267. The van der Waals surface area contributed by atoms with E-state index in [0.717, 1.165) is 24.3 Å². The predicted octanol–water partition coefficient (Wildman–Crippen LogP) is 1.58. The summed E-state index contributed by atoms with van der Waals surface area (Å²) in [7, 11) is 1.92. The van der Waals surface area contributed by atoms with Crippen LogP contribution in [0, 0.1) is 0 Å². The lowest BCUT2D eigenvalue weighted by Gasteiger charge is -2.14. The SMILES string of the molecule is CC(NCCc1ccnn1C)C(=O)Nc1ccccc1. The summed E-state index contributed by atoms with van der Waals surface area (Å²) in [4.78, 5) is 12.0. The second-order valence-corrected chi connectivity index (χ2v) is 4.73. The van der Waals surface area contributed by atoms with E-state index < -0.39 is 0 Å². The van der Waals surface area contributed by atoms with Gasteiger partial charge < -0.3 is 10.6 Å². The third-order valence-electron chi connectivity index (χ3n) is 3.19. The molecule has 2 N–H and O–H groups in total. The van der Waals surface area contributed by atoms with Crippen LogP contribution in [0.15, 0.2) is 42.6 Å². The van der Waals surface area contributed by atoms with Crippen molar-refractivity contribution in [3.63, 3.8) is 0 Å². The van der Waals surface area contributed by atoms with Gasteiger partial charge in [0.15, 0.2) is 0 Å². The minimum Gasteiger partial charge on any atom is -0.325 e. The average Bonchev–Trinajstić information content (AvgIpc) is 2.85. The molecule has 2 aromatic rings. The van der Waals surface area contributed by atoms with E-state index in [4.69, 9.17) is 0 Å². The molecule has 20 heavy (non-hydrogen) atoms. The van der Waals surface area contributed by atoms with Gasteiger partial charge in [-0.3, -0.25) is 9.48 Å². The number of nitrogens with zero attached hydrogens (tertiary/aromatic N) is 2. The molecule has 0 aliphatic carbocycles. The number of benzene rings is 1. The molecule has 0 radical (unpaired) electrons. The van der Waals surface area contributed by atoms with Crippen molar-refractivity contribution in [3.05, 3.63) is 48.3 Å². The standard InChI is InChI=1S/C15H20N4O/c1-12(15(20)18-13-6-4-3-5-7-13)16-10-8-14-9-11-17-19(14)2/h3-7,9,11-12,16H,8,10H2,1-2H3,(H,18,20). The molecule has 1 unspecified atom stereocenters. The van der Waals surface area contributed by atoms with Crippen molar-refractivity contribution in [1.82, 2.24) is 15.1 Å². The normalized spacial score (nSPS) is 12.1. The Hall–Kier alpha value is -2.14. The molecule has 0 spiro atoms. The molecule has 0 fully saturated rings. The van der Waals surface area contributed by atoms with Gasteiger partial charge in [-0.05, 0) is 25.1 Å². The zero-order valence-electron chi connectivity index (χ0n) is 11.8. The number of rotatable bonds is 6. The molecule has 0 saturated heterocycles. The van der Waals surface area contributed by atoms with Crippen LogP contribution in [0.4, 0.5) is 5.69 Å². The van der Waals surface area contributed by atoms with Crippen LogP contribution >= 0.6 is 0 Å². The summed E-state index contributed by atoms with van der Waals surface area (Å²) in [6.45, 7) is 2.60. The first-order valence-electron chi connectivity index (χ1n) is 6.73. The van der Waals surface area contributed by atoms with Crippen LogP contribution in [0.1, 0.15) is 12.6 Å². The van der Waals surface area contributed by atoms with Gasteiger partial charge >= 0.3 is 0 Å². The van der Waals surface area contributed by atoms with Gasteiger partial charge in [-0.15, -0.1) is 0 Å². The minimum atomic E-state index is -0.233. The number of aromatic nitrogens is 2. The Morgan fingerprint density at radius 1 is 1.30 bits per heavy atom. The Balaban J connectivity index is 1.75. The molecule has 0 aliphatic heterocycles. The zero-order valence-corrected chi connectivity index (χ0v) is 11.8. The molecule has 0 aliphatic rings. The second-order valence-electron chi connectivity index (χ2n) is 4.73. The number of nitrogens with one attached hydrogen (secondary N) is 2. The molecule has 5 heteroatoms. The quantitative estimate of drug-likeness (QED) is 0.839. The molecule has 1 heterocycles. The largest absolute Gasteiger partial charge is 0.325 e. The van der Waals surface area contributed by atoms with Gasteiger partial charge in [0.05, 0.1) is 6.04 Å². The van der Waals surface area contributed by atoms with E-state index in [2.05, 4.69) is 15.7 Å². The molecule has 1 aromatic carbocycles. The fourth-order valence-corrected chi connectivity index (χ4v) is 1.93. The lowest BCUT2D eigenvalue weighted by molar-refractivity contribution is -0.117. The van der Waals surface area contributed by atoms with Crippen molar-refractivity contribution < 1.29 is 4.79 Å². The summed E-state index contributed by atoms with van der Waals surface area (Å²) in [6.07, 6.45) is 2.63. The van der Waals surface area contributed by atoms with Crippen LogP contribution in [0.2, 0.25) is 0 Å². The van der Waals surface area contributed by atoms with Crippen molar-refractivity contribution in [2.24, 2.45) is 7.05 Å². The lowest BCUT2D eigenvalue weighted by Crippen LogP contribution is -2.39. The molecule has 0 bridgehead atoms. The van der Waals surface area contributed by atoms with Crippen molar-refractivity contribution in [1.29, 1.82) is 0 Å². The maximum absolute atomic E-state index is 12.0. The first-order chi connectivity index (χ1) is 9.66. The molecule has 5 nitrogen and oxygen atoms in total. The Morgan fingerprint density at radius 2 is 2.05 bits per heavy atom. The molecule has 0 saturated carbocycles. The molecular weight excluding hydrogens is 252 g/mol. The fourth-order valence-electron chi connectivity index (χ4n) is 1.93. The highest BCUT2D eigenvalue weighted by molar-refractivity contribution is 5.94. The van der Waals surface area contributed by atoms with Crippen LogP contribution in [0.25, 0.3) is 0 Å². The topological polar surface area (TPSA) is 59.0 Å². The lowest BCUT2D eigenvalue weighted by atomic mass is 10.2. The fraction of sp³-hybridized carbons (Fsp3) is 0.333. The van der Waals surface area contributed by atoms with Gasteiger partial charge in [-0.1, -0.05) is 18.2 Å². The van der Waals surface area contributed by atoms with Crippen LogP contribution < -0.4 is 10.6 Å². The predicted molar refractivity (Wildman–Crippen MR) is 79.4 cm³/mol. The average molecular weight is 272 g/mol. The maximum Gasteiger partial charge on any atom is 0.241 e. The summed E-state index contributed by atoms with van der Waals surface area (Å²) in [5, 5.41) is 10.2. The Bertz CT molecular complexity index is 550. The van der Waals surface area contributed by atoms with E-state index >= 15 is 0 Å². The molecular formula is C15H20N4O. The number of aryl methyl sites for hydroxylation is 1. The number of anilines is 1. The first-order valence-corrected chi connectivity index (χ1v) is 6.73. The number of carbonyl (C=O) groups excluding carboxylic acids is 1. The molecule has 2 rings (SSSR count). The Labute approximate surface area is 119 Å². The molecule has 1 amide bonds. The van der Waals surface area contributed by atoms with E-state index in [1.54, 1.807) is 6.20 Å². The first kappa shape index (κ1) is 14.3. The highest BCUT2D eigenvalue weighted by Gasteiger charge is 2.12. The van der Waals surface area contributed by atoms with Crippen LogP contribution in [-0.4, -0.2) is 28.3 Å². The number of hydrogen-bond acceptors (Lipinski definition) is 3. The van der Waals surface area contributed by atoms with Crippen LogP contribution in [0.3, 0.4) is 0 Å². The third kappa shape index (κ3) is 3.93. The number of para-hydroxylation sites is 1. The van der Waals surface area contributed by atoms with Gasteiger partial charge in [-0.25, -0.2) is 0 Å². The van der Waals surface area contributed by atoms with Crippen molar-refractivity contribution in [2.45, 2.75) is 19.4 Å². The highest BCUT2D eigenvalue weighted by Crippen LogP contribution is 2.05. The van der Waals surface area contributed by atoms with E-state index in [9.17, 15) is 4.79 Å². The number of amides is 1. The monoisotopic (exact) mass is 272 g/mol. The van der Waals surface area contributed by atoms with Crippen LogP contribution in [-0.2, 0) is 18.3 Å². The van der Waals surface area contributed by atoms with E-state index in [-0.39, 0.29) is 11.9 Å². The highest BCUT2D eigenvalue weighted by atomic mass is 16.2. The Morgan fingerprint density at radius 3 is 2.70 bits per heavy atom. The van der Waals surface area contributed by atoms with Crippen LogP contribution in [0.5, 0.6) is 0 Å². The van der Waals surface area contributed by atoms with E-state index in [0.29, 0.717) is 0 Å². The van der Waals surface area contributed by atoms with Crippen molar-refractivity contribution in [2.75, 3.05) is 11.9 Å². The smallest absolute Gasteiger partial charge is 0.241 e. The summed E-state index contributed by atoms with van der Waals surface area (Å²) in [5.41, 5.74) is 1.96.